The normalized spacial score (nSPS) is 11.2. The molecule has 0 unspecified atom stereocenters. The van der Waals surface area contributed by atoms with E-state index < -0.39 is 0 Å². The van der Waals surface area contributed by atoms with Crippen LogP contribution in [0.4, 0.5) is 0 Å². The molecule has 0 atom stereocenters. The van der Waals surface area contributed by atoms with Gasteiger partial charge in [-0.15, -0.1) is 11.3 Å². The Balaban J connectivity index is 2.36. The van der Waals surface area contributed by atoms with Crippen LogP contribution in [0.25, 0.3) is 6.08 Å². The Morgan fingerprint density at radius 1 is 1.50 bits per heavy atom. The van der Waals surface area contributed by atoms with Crippen LogP contribution in [0.3, 0.4) is 0 Å². The maximum absolute atomic E-state index is 5.77. The van der Waals surface area contributed by atoms with Gasteiger partial charge in [0.05, 0.1) is 4.34 Å². The van der Waals surface area contributed by atoms with Gasteiger partial charge in [0.25, 0.3) is 0 Å². The minimum atomic E-state index is 0.759. The predicted molar refractivity (Wildman–Crippen MR) is 56.7 cm³/mol. The van der Waals surface area contributed by atoms with Crippen molar-refractivity contribution in [3.05, 3.63) is 27.4 Å². The summed E-state index contributed by atoms with van der Waals surface area (Å²) in [5.74, 6) is 0. The lowest BCUT2D eigenvalue weighted by Gasteiger charge is -1.87. The molecule has 1 aromatic rings. The third-order valence-corrected chi connectivity index (χ3v) is 2.65. The van der Waals surface area contributed by atoms with E-state index in [0.29, 0.717) is 0 Å². The summed E-state index contributed by atoms with van der Waals surface area (Å²) in [6.45, 7) is 0.759. The Bertz CT molecular complexity index is 255. The maximum Gasteiger partial charge on any atom is 0.0934 e. The SMILES string of the molecule is NCCC/C=C/c1ccc(Cl)s1. The zero-order valence-corrected chi connectivity index (χ0v) is 8.37. The molecule has 66 valence electrons. The van der Waals surface area contributed by atoms with Crippen LogP contribution in [-0.4, -0.2) is 6.54 Å². The van der Waals surface area contributed by atoms with Crippen molar-refractivity contribution >= 4 is 29.0 Å². The van der Waals surface area contributed by atoms with E-state index in [1.54, 1.807) is 11.3 Å². The van der Waals surface area contributed by atoms with Gasteiger partial charge in [0, 0.05) is 4.88 Å². The fourth-order valence-electron chi connectivity index (χ4n) is 0.853. The number of halogens is 1. The summed E-state index contributed by atoms with van der Waals surface area (Å²) in [5.41, 5.74) is 5.36. The van der Waals surface area contributed by atoms with Gasteiger partial charge in [0.2, 0.25) is 0 Å². The first-order chi connectivity index (χ1) is 5.83. The van der Waals surface area contributed by atoms with Crippen molar-refractivity contribution < 1.29 is 0 Å². The number of rotatable bonds is 4. The van der Waals surface area contributed by atoms with E-state index in [9.17, 15) is 0 Å². The highest BCUT2D eigenvalue weighted by molar-refractivity contribution is 7.16. The first-order valence-electron chi connectivity index (χ1n) is 3.95. The second-order valence-electron chi connectivity index (χ2n) is 2.48. The largest absolute Gasteiger partial charge is 0.330 e. The summed E-state index contributed by atoms with van der Waals surface area (Å²) < 4.78 is 0.841. The van der Waals surface area contributed by atoms with Gasteiger partial charge in [-0.05, 0) is 37.6 Å². The molecule has 0 aliphatic carbocycles. The van der Waals surface area contributed by atoms with E-state index in [0.717, 1.165) is 23.7 Å². The highest BCUT2D eigenvalue weighted by atomic mass is 35.5. The van der Waals surface area contributed by atoms with E-state index >= 15 is 0 Å². The summed E-state index contributed by atoms with van der Waals surface area (Å²) in [7, 11) is 0. The van der Waals surface area contributed by atoms with Crippen molar-refractivity contribution in [2.24, 2.45) is 5.73 Å². The standard InChI is InChI=1S/C9H12ClNS/c10-9-6-5-8(12-9)4-2-1-3-7-11/h2,4-6H,1,3,7,11H2/b4-2+. The van der Waals surface area contributed by atoms with Crippen molar-refractivity contribution in [3.8, 4) is 0 Å². The molecule has 12 heavy (non-hydrogen) atoms. The summed E-state index contributed by atoms with van der Waals surface area (Å²) in [6.07, 6.45) is 6.32. The van der Waals surface area contributed by atoms with Crippen LogP contribution < -0.4 is 5.73 Å². The Labute approximate surface area is 81.9 Å². The van der Waals surface area contributed by atoms with Gasteiger partial charge >= 0.3 is 0 Å². The summed E-state index contributed by atoms with van der Waals surface area (Å²) >= 11 is 7.36. The van der Waals surface area contributed by atoms with Crippen molar-refractivity contribution in [2.75, 3.05) is 6.54 Å². The third-order valence-electron chi connectivity index (χ3n) is 1.45. The topological polar surface area (TPSA) is 26.0 Å². The average Bonchev–Trinajstić information content (AvgIpc) is 2.45. The van der Waals surface area contributed by atoms with Crippen LogP contribution >= 0.6 is 22.9 Å². The fraction of sp³-hybridized carbons (Fsp3) is 0.333. The Hall–Kier alpha value is -0.310. The van der Waals surface area contributed by atoms with Gasteiger partial charge in [-0.1, -0.05) is 17.7 Å². The van der Waals surface area contributed by atoms with Crippen molar-refractivity contribution in [1.82, 2.24) is 0 Å². The van der Waals surface area contributed by atoms with Gasteiger partial charge in [-0.3, -0.25) is 0 Å². The quantitative estimate of drug-likeness (QED) is 0.745. The molecule has 0 aliphatic heterocycles. The van der Waals surface area contributed by atoms with Gasteiger partial charge in [0.1, 0.15) is 0 Å². The van der Waals surface area contributed by atoms with E-state index in [4.69, 9.17) is 17.3 Å². The Morgan fingerprint density at radius 2 is 2.33 bits per heavy atom. The van der Waals surface area contributed by atoms with Crippen molar-refractivity contribution in [2.45, 2.75) is 12.8 Å². The molecule has 1 nitrogen and oxygen atoms in total. The highest BCUT2D eigenvalue weighted by Crippen LogP contribution is 2.22. The molecule has 0 saturated heterocycles. The molecule has 1 aromatic heterocycles. The lowest BCUT2D eigenvalue weighted by atomic mass is 10.3. The fourth-order valence-corrected chi connectivity index (χ4v) is 1.84. The number of allylic oxidation sites excluding steroid dienone is 1. The lowest BCUT2D eigenvalue weighted by molar-refractivity contribution is 0.857. The Morgan fingerprint density at radius 3 is 2.92 bits per heavy atom. The van der Waals surface area contributed by atoms with Gasteiger partial charge in [0.15, 0.2) is 0 Å². The molecule has 2 N–H and O–H groups in total. The van der Waals surface area contributed by atoms with Crippen LogP contribution in [-0.2, 0) is 0 Å². The highest BCUT2D eigenvalue weighted by Gasteiger charge is 1.91. The molecule has 3 heteroatoms. The van der Waals surface area contributed by atoms with E-state index in [-0.39, 0.29) is 0 Å². The first-order valence-corrected chi connectivity index (χ1v) is 5.14. The number of thiophene rings is 1. The lowest BCUT2D eigenvalue weighted by Crippen LogP contribution is -1.96. The summed E-state index contributed by atoms with van der Waals surface area (Å²) in [5, 5.41) is 0. The van der Waals surface area contributed by atoms with E-state index in [1.165, 1.54) is 4.88 Å². The van der Waals surface area contributed by atoms with Crippen molar-refractivity contribution in [1.29, 1.82) is 0 Å². The average molecular weight is 202 g/mol. The molecule has 0 amide bonds. The van der Waals surface area contributed by atoms with Crippen molar-refractivity contribution in [3.63, 3.8) is 0 Å². The predicted octanol–water partition coefficient (Wildman–Crippen LogP) is 3.15. The number of hydrogen-bond donors (Lipinski definition) is 1. The van der Waals surface area contributed by atoms with Gasteiger partial charge in [-0.25, -0.2) is 0 Å². The van der Waals surface area contributed by atoms with E-state index in [1.807, 2.05) is 12.1 Å². The molecule has 0 radical (unpaired) electrons. The Kier molecular flexibility index (Phi) is 4.36. The molecular weight excluding hydrogens is 190 g/mol. The first kappa shape index (κ1) is 9.78. The summed E-state index contributed by atoms with van der Waals surface area (Å²) in [4.78, 5) is 1.21. The molecule has 0 spiro atoms. The zero-order chi connectivity index (χ0) is 8.81. The van der Waals surface area contributed by atoms with E-state index in [2.05, 4.69) is 12.2 Å². The van der Waals surface area contributed by atoms with Crippen LogP contribution in [0.2, 0.25) is 4.34 Å². The van der Waals surface area contributed by atoms with Gasteiger partial charge in [-0.2, -0.15) is 0 Å². The minimum absolute atomic E-state index is 0.759. The molecule has 0 bridgehead atoms. The zero-order valence-electron chi connectivity index (χ0n) is 6.79. The molecule has 0 aliphatic rings. The number of hydrogen-bond acceptors (Lipinski definition) is 2. The molecular formula is C9H12ClNS. The third kappa shape index (κ3) is 3.39. The van der Waals surface area contributed by atoms with Crippen LogP contribution in [0, 0.1) is 0 Å². The number of nitrogens with two attached hydrogens (primary N) is 1. The van der Waals surface area contributed by atoms with Crippen LogP contribution in [0.15, 0.2) is 18.2 Å². The van der Waals surface area contributed by atoms with Crippen LogP contribution in [0.1, 0.15) is 17.7 Å². The van der Waals surface area contributed by atoms with Crippen LogP contribution in [0.5, 0.6) is 0 Å². The number of unbranched alkanes of at least 4 members (excludes halogenated alkanes) is 1. The minimum Gasteiger partial charge on any atom is -0.330 e. The molecule has 1 rings (SSSR count). The smallest absolute Gasteiger partial charge is 0.0934 e. The molecule has 0 aromatic carbocycles. The molecule has 0 saturated carbocycles. The second kappa shape index (κ2) is 5.36. The molecule has 1 heterocycles. The van der Waals surface area contributed by atoms with Gasteiger partial charge < -0.3 is 5.73 Å². The molecule has 0 fully saturated rings. The second-order valence-corrected chi connectivity index (χ2v) is 4.22. The monoisotopic (exact) mass is 201 g/mol. The maximum atomic E-state index is 5.77. The summed E-state index contributed by atoms with van der Waals surface area (Å²) in [6, 6.07) is 3.93.